The molecule has 0 aliphatic carbocycles. The van der Waals surface area contributed by atoms with Crippen molar-refractivity contribution in [3.05, 3.63) is 50.2 Å². The van der Waals surface area contributed by atoms with Crippen molar-refractivity contribution in [3.8, 4) is 11.4 Å². The van der Waals surface area contributed by atoms with Crippen LogP contribution in [0.5, 0.6) is 0 Å². The summed E-state index contributed by atoms with van der Waals surface area (Å²) < 4.78 is 2.05. The van der Waals surface area contributed by atoms with E-state index in [-0.39, 0.29) is 23.4 Å². The number of aryl methyl sites for hydroxylation is 1. The fourth-order valence-electron chi connectivity index (χ4n) is 3.16. The van der Waals surface area contributed by atoms with Gasteiger partial charge in [0, 0.05) is 39.7 Å². The first-order valence-electron chi connectivity index (χ1n) is 9.51. The number of anilines is 1. The maximum Gasteiger partial charge on any atom is 0.271 e. The van der Waals surface area contributed by atoms with Crippen molar-refractivity contribution in [1.29, 1.82) is 0 Å². The first-order valence-corrected chi connectivity index (χ1v) is 11.4. The maximum absolute atomic E-state index is 12.4. The van der Waals surface area contributed by atoms with Gasteiger partial charge >= 0.3 is 0 Å². The minimum Gasteiger partial charge on any atom is -0.325 e. The molecule has 0 aliphatic rings. The molecule has 0 radical (unpaired) electrons. The van der Waals surface area contributed by atoms with Crippen LogP contribution in [0.4, 0.5) is 11.4 Å². The number of amides is 1. The van der Waals surface area contributed by atoms with Crippen molar-refractivity contribution in [2.45, 2.75) is 45.3 Å². The van der Waals surface area contributed by atoms with Gasteiger partial charge in [-0.1, -0.05) is 24.8 Å². The second-order valence-electron chi connectivity index (χ2n) is 6.95. The second kappa shape index (κ2) is 9.40. The number of carbonyl (C=O) groups is 1. The number of benzene rings is 1. The minimum absolute atomic E-state index is 0.0672. The molecule has 0 spiro atoms. The molecule has 8 nitrogen and oxygen atoms in total. The molecule has 10 heteroatoms. The molecule has 3 rings (SSSR count). The predicted molar refractivity (Wildman–Crippen MR) is 120 cm³/mol. The lowest BCUT2D eigenvalue weighted by molar-refractivity contribution is -0.384. The lowest BCUT2D eigenvalue weighted by Gasteiger charge is -2.14. The van der Waals surface area contributed by atoms with Crippen LogP contribution < -0.4 is 5.32 Å². The van der Waals surface area contributed by atoms with Crippen molar-refractivity contribution in [3.63, 3.8) is 0 Å². The van der Waals surface area contributed by atoms with E-state index in [4.69, 9.17) is 0 Å². The lowest BCUT2D eigenvalue weighted by Crippen LogP contribution is -2.15. The zero-order chi connectivity index (χ0) is 21.8. The highest BCUT2D eigenvalue weighted by Gasteiger charge is 2.21. The van der Waals surface area contributed by atoms with E-state index in [9.17, 15) is 14.9 Å². The summed E-state index contributed by atoms with van der Waals surface area (Å²) in [5.74, 6) is 0.672. The summed E-state index contributed by atoms with van der Waals surface area (Å²) >= 11 is 3.00. The number of thiophene rings is 1. The molecule has 0 fully saturated rings. The van der Waals surface area contributed by atoms with E-state index in [0.717, 1.165) is 17.8 Å². The van der Waals surface area contributed by atoms with Crippen molar-refractivity contribution < 1.29 is 9.72 Å². The summed E-state index contributed by atoms with van der Waals surface area (Å²) in [5.41, 5.74) is 2.69. The first-order chi connectivity index (χ1) is 14.3. The fourth-order valence-corrected chi connectivity index (χ4v) is 4.96. The number of nitro groups is 1. The molecule has 1 N–H and O–H groups in total. The van der Waals surface area contributed by atoms with Gasteiger partial charge in [0.2, 0.25) is 5.91 Å². The number of nitrogens with one attached hydrogen (secondary N) is 1. The SMILES string of the molecule is CCc1c(-c2nnc(SCC(=O)Nc3cccc([N+](=O)[O-])c3)n2C(C)C)csc1C. The number of carbonyl (C=O) groups excluding carboxylic acids is 1. The van der Waals surface area contributed by atoms with Crippen molar-refractivity contribution >= 4 is 40.4 Å². The Kier molecular flexibility index (Phi) is 6.88. The number of non-ortho nitro benzene ring substituents is 1. The number of hydrogen-bond donors (Lipinski definition) is 1. The largest absolute Gasteiger partial charge is 0.325 e. The second-order valence-corrected chi connectivity index (χ2v) is 8.98. The van der Waals surface area contributed by atoms with Crippen molar-refractivity contribution in [2.75, 3.05) is 11.1 Å². The fraction of sp³-hybridized carbons (Fsp3) is 0.350. The van der Waals surface area contributed by atoms with Gasteiger partial charge in [0.05, 0.1) is 10.7 Å². The van der Waals surface area contributed by atoms with Gasteiger partial charge in [0.25, 0.3) is 5.69 Å². The molecule has 1 amide bonds. The van der Waals surface area contributed by atoms with Crippen LogP contribution in [0.2, 0.25) is 0 Å². The molecule has 0 aliphatic heterocycles. The van der Waals surface area contributed by atoms with Crippen molar-refractivity contribution in [1.82, 2.24) is 14.8 Å². The molecule has 0 atom stereocenters. The summed E-state index contributed by atoms with van der Waals surface area (Å²) in [6.45, 7) is 8.36. The Bertz CT molecular complexity index is 1070. The Morgan fingerprint density at radius 1 is 1.37 bits per heavy atom. The highest BCUT2D eigenvalue weighted by atomic mass is 32.2. The Hall–Kier alpha value is -2.72. The van der Waals surface area contributed by atoms with E-state index in [2.05, 4.69) is 48.6 Å². The van der Waals surface area contributed by atoms with E-state index in [1.807, 2.05) is 4.57 Å². The number of aromatic nitrogens is 3. The molecule has 2 aromatic heterocycles. The molecule has 0 saturated carbocycles. The highest BCUT2D eigenvalue weighted by Crippen LogP contribution is 2.34. The Morgan fingerprint density at radius 3 is 2.80 bits per heavy atom. The maximum atomic E-state index is 12.4. The number of nitrogens with zero attached hydrogens (tertiary/aromatic N) is 4. The molecule has 158 valence electrons. The van der Waals surface area contributed by atoms with Crippen molar-refractivity contribution in [2.24, 2.45) is 0 Å². The summed E-state index contributed by atoms with van der Waals surface area (Å²) in [6.07, 6.45) is 0.920. The number of hydrogen-bond acceptors (Lipinski definition) is 7. The van der Waals surface area contributed by atoms with Gasteiger partial charge < -0.3 is 5.32 Å². The Morgan fingerprint density at radius 2 is 2.13 bits per heavy atom. The molecule has 0 saturated heterocycles. The smallest absolute Gasteiger partial charge is 0.271 e. The number of nitro benzene ring substituents is 1. The molecule has 1 aromatic carbocycles. The molecular formula is C20H23N5O3S2. The van der Waals surface area contributed by atoms with Crippen LogP contribution in [-0.4, -0.2) is 31.3 Å². The van der Waals surface area contributed by atoms with E-state index in [1.54, 1.807) is 17.4 Å². The van der Waals surface area contributed by atoms with Crippen LogP contribution in [0, 0.1) is 17.0 Å². The zero-order valence-electron chi connectivity index (χ0n) is 17.2. The Labute approximate surface area is 182 Å². The normalized spacial score (nSPS) is 11.1. The summed E-state index contributed by atoms with van der Waals surface area (Å²) in [4.78, 5) is 24.0. The third-order valence-electron chi connectivity index (χ3n) is 4.55. The minimum atomic E-state index is -0.492. The standard InChI is InChI=1S/C20H23N5O3S2/c1-5-16-13(4)29-10-17(16)19-22-23-20(24(19)12(2)3)30-11-18(26)21-14-7-6-8-15(9-14)25(27)28/h6-10,12H,5,11H2,1-4H3,(H,21,26). The molecular weight excluding hydrogens is 422 g/mol. The zero-order valence-corrected chi connectivity index (χ0v) is 18.8. The van der Waals surface area contributed by atoms with Gasteiger partial charge in [-0.2, -0.15) is 0 Å². The van der Waals surface area contributed by atoms with Crippen LogP contribution >= 0.6 is 23.1 Å². The lowest BCUT2D eigenvalue weighted by atomic mass is 10.1. The van der Waals surface area contributed by atoms with Crippen LogP contribution in [0.3, 0.4) is 0 Å². The third-order valence-corrected chi connectivity index (χ3v) is 6.45. The molecule has 0 unspecified atom stereocenters. The average Bonchev–Trinajstić information content (AvgIpc) is 3.29. The van der Waals surface area contributed by atoms with E-state index in [0.29, 0.717) is 10.8 Å². The van der Waals surface area contributed by atoms with Gasteiger partial charge in [0.1, 0.15) is 0 Å². The van der Waals surface area contributed by atoms with E-state index >= 15 is 0 Å². The van der Waals surface area contributed by atoms with Gasteiger partial charge in [-0.15, -0.1) is 21.5 Å². The van der Waals surface area contributed by atoms with Crippen LogP contribution in [0.15, 0.2) is 34.8 Å². The summed E-state index contributed by atoms with van der Waals surface area (Å²) in [6, 6.07) is 6.00. The van der Waals surface area contributed by atoms with Crippen LogP contribution in [0.25, 0.3) is 11.4 Å². The number of rotatable bonds is 8. The monoisotopic (exact) mass is 445 g/mol. The Balaban J connectivity index is 1.76. The van der Waals surface area contributed by atoms with Gasteiger partial charge in [0.15, 0.2) is 11.0 Å². The molecule has 3 aromatic rings. The van der Waals surface area contributed by atoms with Gasteiger partial charge in [-0.3, -0.25) is 19.5 Å². The molecule has 30 heavy (non-hydrogen) atoms. The van der Waals surface area contributed by atoms with Crippen LogP contribution in [0.1, 0.15) is 37.3 Å². The highest BCUT2D eigenvalue weighted by molar-refractivity contribution is 7.99. The average molecular weight is 446 g/mol. The van der Waals surface area contributed by atoms with Gasteiger partial charge in [-0.25, -0.2) is 0 Å². The van der Waals surface area contributed by atoms with Gasteiger partial charge in [-0.05, 0) is 38.8 Å². The predicted octanol–water partition coefficient (Wildman–Crippen LogP) is 5.10. The number of thioether (sulfide) groups is 1. The summed E-state index contributed by atoms with van der Waals surface area (Å²) in [5, 5.41) is 25.1. The van der Waals surface area contributed by atoms with E-state index < -0.39 is 4.92 Å². The molecule has 0 bridgehead atoms. The molecule has 2 heterocycles. The summed E-state index contributed by atoms with van der Waals surface area (Å²) in [7, 11) is 0. The van der Waals surface area contributed by atoms with E-state index in [1.165, 1.54) is 40.4 Å². The third kappa shape index (κ3) is 4.71. The quantitative estimate of drug-likeness (QED) is 0.294. The topological polar surface area (TPSA) is 103 Å². The first kappa shape index (κ1) is 22.0. The van der Waals surface area contributed by atoms with Crippen LogP contribution in [-0.2, 0) is 11.2 Å².